The molecule has 0 rings (SSSR count). The number of hydrogen-bond donors (Lipinski definition) is 1. The second-order valence-electron chi connectivity index (χ2n) is 1.76. The monoisotopic (exact) mass is 165 g/mol. The van der Waals surface area contributed by atoms with Crippen molar-refractivity contribution in [3.63, 3.8) is 0 Å². The van der Waals surface area contributed by atoms with Crippen molar-refractivity contribution in [1.82, 2.24) is 0 Å². The smallest absolute Gasteiger partial charge is 0.377 e. The van der Waals surface area contributed by atoms with Crippen molar-refractivity contribution >= 4 is 8.80 Å². The predicted molar refractivity (Wildman–Crippen MR) is 40.4 cm³/mol. The molecule has 0 unspecified atom stereocenters. The summed E-state index contributed by atoms with van der Waals surface area (Å²) in [5.41, 5.74) is 5.19. The van der Waals surface area contributed by atoms with Gasteiger partial charge in [0.15, 0.2) is 0 Å². The summed E-state index contributed by atoms with van der Waals surface area (Å²) in [5, 5.41) is 0. The Balaban J connectivity index is 3.87. The van der Waals surface area contributed by atoms with Gasteiger partial charge in [-0.15, -0.1) is 0 Å². The maximum atomic E-state index is 5.19. The van der Waals surface area contributed by atoms with Crippen molar-refractivity contribution in [2.45, 2.75) is 13.0 Å². The van der Waals surface area contributed by atoms with Gasteiger partial charge in [-0.25, -0.2) is 0 Å². The maximum absolute atomic E-state index is 5.19. The van der Waals surface area contributed by atoms with Crippen LogP contribution >= 0.6 is 0 Å². The van der Waals surface area contributed by atoms with Crippen LogP contribution in [0.4, 0.5) is 0 Å². The molecule has 0 fully saturated rings. The molecular formula is C5H15NO3Si. The summed E-state index contributed by atoms with van der Waals surface area (Å²) in [6.45, 7) is 2.11. The molecule has 2 N–H and O–H groups in total. The minimum Gasteiger partial charge on any atom is -0.377 e. The molecule has 0 aliphatic carbocycles. The highest BCUT2D eigenvalue weighted by atomic mass is 28.4. The van der Waals surface area contributed by atoms with Crippen molar-refractivity contribution in [2.75, 3.05) is 21.0 Å². The Morgan fingerprint density at radius 3 is 1.90 bits per heavy atom. The van der Waals surface area contributed by atoms with E-state index in [1.807, 2.05) is 6.92 Å². The summed E-state index contributed by atoms with van der Waals surface area (Å²) < 4.78 is 15.3. The van der Waals surface area contributed by atoms with Gasteiger partial charge >= 0.3 is 8.80 Å². The van der Waals surface area contributed by atoms with E-state index in [-0.39, 0.29) is 6.73 Å². The largest absolute Gasteiger partial charge is 0.501 e. The molecule has 0 aliphatic heterocycles. The van der Waals surface area contributed by atoms with Gasteiger partial charge in [0.1, 0.15) is 0 Å². The van der Waals surface area contributed by atoms with Gasteiger partial charge in [-0.1, -0.05) is 6.92 Å². The summed E-state index contributed by atoms with van der Waals surface area (Å²) in [5.74, 6) is 0. The van der Waals surface area contributed by atoms with E-state index < -0.39 is 8.80 Å². The third-order valence-corrected chi connectivity index (χ3v) is 4.07. The molecule has 0 atom stereocenters. The van der Waals surface area contributed by atoms with Gasteiger partial charge in [-0.05, 0) is 0 Å². The Hall–Kier alpha value is 0.0569. The number of hydrogen-bond acceptors (Lipinski definition) is 4. The fraction of sp³-hybridized carbons (Fsp3) is 1.00. The fourth-order valence-electron chi connectivity index (χ4n) is 0.719. The standard InChI is InChI=1S/C5H15NO3Si/c1-4-10(7-2,8-3)9-5-6/h4-6H2,1-3H3. The molecule has 0 saturated heterocycles. The van der Waals surface area contributed by atoms with E-state index in [2.05, 4.69) is 0 Å². The average Bonchev–Trinajstić information content (AvgIpc) is 2.01. The molecule has 0 heterocycles. The van der Waals surface area contributed by atoms with Crippen LogP contribution < -0.4 is 5.73 Å². The van der Waals surface area contributed by atoms with E-state index in [1.54, 1.807) is 14.2 Å². The lowest BCUT2D eigenvalue weighted by Gasteiger charge is -2.23. The zero-order valence-electron chi connectivity index (χ0n) is 6.72. The second kappa shape index (κ2) is 4.81. The van der Waals surface area contributed by atoms with E-state index >= 15 is 0 Å². The lowest BCUT2D eigenvalue weighted by atomic mass is 11.0. The molecule has 0 aromatic heterocycles. The van der Waals surface area contributed by atoms with Crippen LogP contribution in [0.15, 0.2) is 0 Å². The topological polar surface area (TPSA) is 53.7 Å². The van der Waals surface area contributed by atoms with E-state index in [4.69, 9.17) is 19.0 Å². The van der Waals surface area contributed by atoms with Gasteiger partial charge in [-0.2, -0.15) is 0 Å². The van der Waals surface area contributed by atoms with Gasteiger partial charge in [0.2, 0.25) is 0 Å². The molecular weight excluding hydrogens is 150 g/mol. The van der Waals surface area contributed by atoms with Crippen LogP contribution in [-0.2, 0) is 13.3 Å². The first-order chi connectivity index (χ1) is 4.74. The van der Waals surface area contributed by atoms with Gasteiger partial charge in [0.05, 0.1) is 6.73 Å². The minimum atomic E-state index is -2.34. The predicted octanol–water partition coefficient (Wildman–Crippen LogP) is 0.171. The van der Waals surface area contributed by atoms with E-state index in [9.17, 15) is 0 Å². The molecule has 0 aliphatic rings. The van der Waals surface area contributed by atoms with Crippen LogP contribution in [0.2, 0.25) is 6.04 Å². The summed E-state index contributed by atoms with van der Waals surface area (Å²) in [7, 11) is 0.814. The normalized spacial score (nSPS) is 12.0. The lowest BCUT2D eigenvalue weighted by Crippen LogP contribution is -2.44. The van der Waals surface area contributed by atoms with Crippen LogP contribution in [0, 0.1) is 0 Å². The first-order valence-corrected chi connectivity index (χ1v) is 5.12. The Labute approximate surface area is 62.6 Å². The molecule has 10 heavy (non-hydrogen) atoms. The Morgan fingerprint density at radius 1 is 1.30 bits per heavy atom. The van der Waals surface area contributed by atoms with Crippen LogP contribution in [0.1, 0.15) is 6.92 Å². The van der Waals surface area contributed by atoms with Crippen LogP contribution in [-0.4, -0.2) is 29.8 Å². The summed E-state index contributed by atoms with van der Waals surface area (Å²) in [4.78, 5) is 0. The molecule has 0 spiro atoms. The van der Waals surface area contributed by atoms with Gasteiger partial charge in [0.25, 0.3) is 0 Å². The molecule has 0 aromatic rings. The average molecular weight is 165 g/mol. The quantitative estimate of drug-likeness (QED) is 0.466. The van der Waals surface area contributed by atoms with Crippen molar-refractivity contribution in [3.05, 3.63) is 0 Å². The van der Waals surface area contributed by atoms with Crippen LogP contribution in [0.3, 0.4) is 0 Å². The van der Waals surface area contributed by atoms with Gasteiger partial charge < -0.3 is 19.0 Å². The molecule has 0 amide bonds. The van der Waals surface area contributed by atoms with Crippen LogP contribution in [0.5, 0.6) is 0 Å². The zero-order valence-corrected chi connectivity index (χ0v) is 7.72. The number of rotatable bonds is 5. The van der Waals surface area contributed by atoms with Gasteiger partial charge in [-0.3, -0.25) is 0 Å². The summed E-state index contributed by atoms with van der Waals surface area (Å²) in [6.07, 6.45) is 0. The van der Waals surface area contributed by atoms with E-state index in [0.29, 0.717) is 0 Å². The first-order valence-electron chi connectivity index (χ1n) is 3.19. The highest BCUT2D eigenvalue weighted by Gasteiger charge is 2.35. The third-order valence-electron chi connectivity index (χ3n) is 1.36. The van der Waals surface area contributed by atoms with Crippen LogP contribution in [0.25, 0.3) is 0 Å². The third kappa shape index (κ3) is 2.35. The minimum absolute atomic E-state index is 0.155. The fourth-order valence-corrected chi connectivity index (χ4v) is 2.16. The molecule has 0 bridgehead atoms. The first kappa shape index (κ1) is 10.1. The Bertz CT molecular complexity index is 78.7. The SMILES string of the molecule is CC[Si](OC)(OC)OCN. The van der Waals surface area contributed by atoms with E-state index in [1.165, 1.54) is 0 Å². The van der Waals surface area contributed by atoms with Crippen molar-refractivity contribution in [3.8, 4) is 0 Å². The van der Waals surface area contributed by atoms with Gasteiger partial charge in [0, 0.05) is 20.3 Å². The molecule has 0 radical (unpaired) electrons. The maximum Gasteiger partial charge on any atom is 0.501 e. The highest BCUT2D eigenvalue weighted by molar-refractivity contribution is 6.60. The summed E-state index contributed by atoms with van der Waals surface area (Å²) >= 11 is 0. The summed E-state index contributed by atoms with van der Waals surface area (Å²) in [6, 6.07) is 0.747. The second-order valence-corrected chi connectivity index (χ2v) is 4.93. The molecule has 5 heteroatoms. The molecule has 0 saturated carbocycles. The molecule has 62 valence electrons. The highest BCUT2D eigenvalue weighted by Crippen LogP contribution is 2.10. The van der Waals surface area contributed by atoms with Crippen molar-refractivity contribution in [2.24, 2.45) is 5.73 Å². The zero-order chi connectivity index (χ0) is 8.04. The Morgan fingerprint density at radius 2 is 1.80 bits per heavy atom. The van der Waals surface area contributed by atoms with Crippen molar-refractivity contribution < 1.29 is 13.3 Å². The number of nitrogens with two attached hydrogens (primary N) is 1. The van der Waals surface area contributed by atoms with E-state index in [0.717, 1.165) is 6.04 Å². The van der Waals surface area contributed by atoms with Crippen molar-refractivity contribution in [1.29, 1.82) is 0 Å². The Kier molecular flexibility index (Phi) is 4.84. The molecule has 4 nitrogen and oxygen atoms in total. The molecule has 0 aromatic carbocycles. The lowest BCUT2D eigenvalue weighted by molar-refractivity contribution is 0.102.